The number of likely N-dealkylation sites (tertiary alicyclic amines) is 2. The molecule has 7 rings (SSSR count). The summed E-state index contributed by atoms with van der Waals surface area (Å²) >= 11 is 0. The van der Waals surface area contributed by atoms with Crippen LogP contribution in [0, 0.1) is 23.7 Å². The highest BCUT2D eigenvalue weighted by Crippen LogP contribution is 2.44. The molecular formula is C32H40F2N4O5. The molecule has 5 atom stereocenters. The van der Waals surface area contributed by atoms with E-state index in [0.29, 0.717) is 66.5 Å². The van der Waals surface area contributed by atoms with E-state index in [1.54, 1.807) is 18.2 Å². The van der Waals surface area contributed by atoms with Gasteiger partial charge in [-0.25, -0.2) is 8.78 Å². The SMILES string of the molecule is CC1CC1C(=O)N1CCC(C2CN([C@H]3[C@H](Oc4ccc5c(c4)CN(C4CCC(=O)NC4=O)C5=O)CCCC3(F)F)C2)CC1. The molecule has 232 valence electrons. The van der Waals surface area contributed by atoms with Crippen molar-refractivity contribution >= 4 is 23.6 Å². The fourth-order valence-corrected chi connectivity index (χ4v) is 8.11. The molecule has 43 heavy (non-hydrogen) atoms. The van der Waals surface area contributed by atoms with Crippen molar-refractivity contribution in [3.63, 3.8) is 0 Å². The zero-order chi connectivity index (χ0) is 30.0. The number of carbonyl (C=O) groups excluding carboxylic acids is 4. The predicted octanol–water partition coefficient (Wildman–Crippen LogP) is 3.21. The van der Waals surface area contributed by atoms with Crippen molar-refractivity contribution in [3.05, 3.63) is 29.3 Å². The minimum atomic E-state index is -2.86. The number of halogens is 2. The van der Waals surface area contributed by atoms with Crippen molar-refractivity contribution in [3.8, 4) is 5.75 Å². The van der Waals surface area contributed by atoms with E-state index in [-0.39, 0.29) is 43.5 Å². The highest BCUT2D eigenvalue weighted by atomic mass is 19.3. The molecule has 2 saturated carbocycles. The molecule has 1 aromatic carbocycles. The van der Waals surface area contributed by atoms with Crippen molar-refractivity contribution in [2.24, 2.45) is 23.7 Å². The van der Waals surface area contributed by atoms with Gasteiger partial charge in [0, 0.05) is 57.0 Å². The van der Waals surface area contributed by atoms with Gasteiger partial charge >= 0.3 is 0 Å². The van der Waals surface area contributed by atoms with Gasteiger partial charge in [-0.1, -0.05) is 6.92 Å². The molecule has 11 heteroatoms. The van der Waals surface area contributed by atoms with Crippen molar-refractivity contribution in [1.82, 2.24) is 20.0 Å². The number of hydrogen-bond acceptors (Lipinski definition) is 6. The van der Waals surface area contributed by atoms with Crippen LogP contribution in [0.4, 0.5) is 8.78 Å². The van der Waals surface area contributed by atoms with E-state index >= 15 is 8.78 Å². The number of amides is 4. The third-order valence-electron chi connectivity index (χ3n) is 10.8. The maximum absolute atomic E-state index is 15.4. The smallest absolute Gasteiger partial charge is 0.266 e. The zero-order valence-electron chi connectivity index (χ0n) is 24.6. The first-order valence-electron chi connectivity index (χ1n) is 15.9. The van der Waals surface area contributed by atoms with Gasteiger partial charge in [-0.3, -0.25) is 29.4 Å². The largest absolute Gasteiger partial charge is 0.489 e. The number of benzene rings is 1. The van der Waals surface area contributed by atoms with Crippen LogP contribution in [0.25, 0.3) is 0 Å². The second kappa shape index (κ2) is 10.8. The molecule has 1 N–H and O–H groups in total. The molecule has 0 bridgehead atoms. The summed E-state index contributed by atoms with van der Waals surface area (Å²) < 4.78 is 37.1. The van der Waals surface area contributed by atoms with E-state index in [0.717, 1.165) is 32.4 Å². The Bertz CT molecular complexity index is 1320. The fraction of sp³-hybridized carbons (Fsp3) is 0.688. The van der Waals surface area contributed by atoms with Gasteiger partial charge < -0.3 is 14.5 Å². The second-order valence-electron chi connectivity index (χ2n) is 13.7. The van der Waals surface area contributed by atoms with E-state index < -0.39 is 30.0 Å². The number of imide groups is 1. The number of piperidine rings is 2. The predicted molar refractivity (Wildman–Crippen MR) is 151 cm³/mol. The molecule has 2 aliphatic carbocycles. The molecule has 4 heterocycles. The van der Waals surface area contributed by atoms with Crippen molar-refractivity contribution in [1.29, 1.82) is 0 Å². The monoisotopic (exact) mass is 598 g/mol. The van der Waals surface area contributed by atoms with Crippen LogP contribution in [-0.2, 0) is 20.9 Å². The molecule has 0 spiro atoms. The lowest BCUT2D eigenvalue weighted by Crippen LogP contribution is -2.66. The first-order valence-corrected chi connectivity index (χ1v) is 15.9. The van der Waals surface area contributed by atoms with Gasteiger partial charge in [-0.05, 0) is 80.0 Å². The summed E-state index contributed by atoms with van der Waals surface area (Å²) in [5.41, 5.74) is 1.16. The Morgan fingerprint density at radius 2 is 1.79 bits per heavy atom. The van der Waals surface area contributed by atoms with Crippen LogP contribution < -0.4 is 10.1 Å². The number of hydrogen-bond donors (Lipinski definition) is 1. The van der Waals surface area contributed by atoms with Crippen molar-refractivity contribution in [2.75, 3.05) is 26.2 Å². The Kier molecular flexibility index (Phi) is 7.22. The van der Waals surface area contributed by atoms with E-state index in [1.165, 1.54) is 4.90 Å². The van der Waals surface area contributed by atoms with Gasteiger partial charge in [0.05, 0.1) is 0 Å². The fourth-order valence-electron chi connectivity index (χ4n) is 8.11. The Morgan fingerprint density at radius 1 is 1.05 bits per heavy atom. The maximum Gasteiger partial charge on any atom is 0.266 e. The highest BCUT2D eigenvalue weighted by molar-refractivity contribution is 6.05. The summed E-state index contributed by atoms with van der Waals surface area (Å²) in [6.07, 6.45) is 3.42. The molecule has 0 radical (unpaired) electrons. The Labute approximate surface area is 250 Å². The van der Waals surface area contributed by atoms with Gasteiger partial charge in [0.25, 0.3) is 11.8 Å². The van der Waals surface area contributed by atoms with Gasteiger partial charge in [-0.2, -0.15) is 0 Å². The van der Waals surface area contributed by atoms with Crippen LogP contribution in [0.2, 0.25) is 0 Å². The summed E-state index contributed by atoms with van der Waals surface area (Å²) in [5.74, 6) is -1.68. The molecule has 1 aromatic rings. The summed E-state index contributed by atoms with van der Waals surface area (Å²) in [5, 5.41) is 2.30. The molecule has 0 aromatic heterocycles. The Hall–Kier alpha value is -3.08. The van der Waals surface area contributed by atoms with Crippen molar-refractivity contribution in [2.45, 2.75) is 88.9 Å². The molecule has 3 unspecified atom stereocenters. The van der Waals surface area contributed by atoms with Crippen LogP contribution >= 0.6 is 0 Å². The van der Waals surface area contributed by atoms with Gasteiger partial charge in [0.1, 0.15) is 23.9 Å². The van der Waals surface area contributed by atoms with Crippen LogP contribution in [0.1, 0.15) is 74.2 Å². The average molecular weight is 599 g/mol. The lowest BCUT2D eigenvalue weighted by atomic mass is 9.76. The average Bonchev–Trinajstić information content (AvgIpc) is 3.59. The summed E-state index contributed by atoms with van der Waals surface area (Å²) in [7, 11) is 0. The summed E-state index contributed by atoms with van der Waals surface area (Å²) in [6, 6.07) is 3.32. The molecular weight excluding hydrogens is 558 g/mol. The number of nitrogens with one attached hydrogen (secondary N) is 1. The molecule has 4 aliphatic heterocycles. The lowest BCUT2D eigenvalue weighted by Gasteiger charge is -2.53. The van der Waals surface area contributed by atoms with Crippen LogP contribution in [0.15, 0.2) is 18.2 Å². The molecule has 3 saturated heterocycles. The van der Waals surface area contributed by atoms with Crippen LogP contribution in [-0.4, -0.2) is 88.6 Å². The summed E-state index contributed by atoms with van der Waals surface area (Å²) in [6.45, 7) is 5.13. The van der Waals surface area contributed by atoms with E-state index in [4.69, 9.17) is 4.74 Å². The number of ether oxygens (including phenoxy) is 1. The Morgan fingerprint density at radius 3 is 2.49 bits per heavy atom. The number of rotatable bonds is 6. The highest BCUT2D eigenvalue weighted by Gasteiger charge is 2.55. The van der Waals surface area contributed by atoms with Gasteiger partial charge in [-0.15, -0.1) is 0 Å². The lowest BCUT2D eigenvalue weighted by molar-refractivity contribution is -0.172. The number of carbonyl (C=O) groups is 4. The third kappa shape index (κ3) is 5.31. The Balaban J connectivity index is 0.977. The summed E-state index contributed by atoms with van der Waals surface area (Å²) in [4.78, 5) is 55.0. The quantitative estimate of drug-likeness (QED) is 0.505. The third-order valence-corrected chi connectivity index (χ3v) is 10.8. The second-order valence-corrected chi connectivity index (χ2v) is 13.7. The van der Waals surface area contributed by atoms with Crippen molar-refractivity contribution < 1.29 is 32.7 Å². The molecule has 5 fully saturated rings. The van der Waals surface area contributed by atoms with E-state index in [1.807, 2.05) is 9.80 Å². The number of alkyl halides is 2. The van der Waals surface area contributed by atoms with E-state index in [2.05, 4.69) is 12.2 Å². The number of nitrogens with zero attached hydrogens (tertiary/aromatic N) is 3. The van der Waals surface area contributed by atoms with Crippen LogP contribution in [0.3, 0.4) is 0 Å². The first-order chi connectivity index (χ1) is 20.6. The first kappa shape index (κ1) is 28.7. The van der Waals surface area contributed by atoms with Crippen LogP contribution in [0.5, 0.6) is 5.75 Å². The van der Waals surface area contributed by atoms with Gasteiger partial charge in [0.15, 0.2) is 0 Å². The molecule has 9 nitrogen and oxygen atoms in total. The van der Waals surface area contributed by atoms with Gasteiger partial charge in [0.2, 0.25) is 17.7 Å². The zero-order valence-corrected chi connectivity index (χ0v) is 24.6. The maximum atomic E-state index is 15.4. The number of fused-ring (bicyclic) bond motifs is 1. The minimum Gasteiger partial charge on any atom is -0.489 e. The normalized spacial score (nSPS) is 33.2. The topological polar surface area (TPSA) is 99.3 Å². The molecule has 6 aliphatic rings. The molecule has 4 amide bonds. The standard InChI is InChI=1S/C32H40F2N4O5/c1-18-13-24(18)30(41)36-11-8-19(9-12-36)21-15-37(16-21)28-26(3-2-10-32(28,33)34)43-22-4-5-23-20(14-22)17-38(31(23)42)25-6-7-27(39)35-29(25)40/h4-5,14,18-19,21,24-26,28H,2-3,6-13,15-17H2,1H3,(H,35,39,40)/t18?,24?,25?,26-,28+/m1/s1. The van der Waals surface area contributed by atoms with E-state index in [9.17, 15) is 19.2 Å². The minimum absolute atomic E-state index is 0.154.